The Hall–Kier alpha value is -2.07. The monoisotopic (exact) mass is 241 g/mol. The van der Waals surface area contributed by atoms with E-state index in [1.54, 1.807) is 0 Å². The average molecular weight is 241 g/mol. The maximum Gasteiger partial charge on any atom is 0.106 e. The molecule has 18 heavy (non-hydrogen) atoms. The molecule has 1 aromatic carbocycles. The van der Waals surface area contributed by atoms with Gasteiger partial charge in [-0.3, -0.25) is 0 Å². The Morgan fingerprint density at radius 1 is 1.22 bits per heavy atom. The molecule has 0 unspecified atom stereocenters. The number of para-hydroxylation sites is 1. The summed E-state index contributed by atoms with van der Waals surface area (Å²) in [5, 5.41) is 10.0. The number of aromatic amines is 2. The van der Waals surface area contributed by atoms with E-state index in [1.165, 1.54) is 5.39 Å². The van der Waals surface area contributed by atoms with Gasteiger partial charge in [0.2, 0.25) is 0 Å². The topological polar surface area (TPSA) is 64.7 Å². The molecule has 4 heteroatoms. The molecule has 4 nitrogen and oxygen atoms in total. The van der Waals surface area contributed by atoms with Crippen LogP contribution in [0.5, 0.6) is 0 Å². The van der Waals surface area contributed by atoms with Gasteiger partial charge in [-0.1, -0.05) is 18.2 Å². The van der Waals surface area contributed by atoms with Gasteiger partial charge in [0, 0.05) is 35.7 Å². The third kappa shape index (κ3) is 1.91. The Morgan fingerprint density at radius 3 is 3.00 bits per heavy atom. The third-order valence-corrected chi connectivity index (χ3v) is 3.08. The first kappa shape index (κ1) is 11.0. The molecule has 0 radical (unpaired) electrons. The van der Waals surface area contributed by atoms with Crippen LogP contribution in [0.1, 0.15) is 12.2 Å². The minimum Gasteiger partial charge on any atom is -0.396 e. The van der Waals surface area contributed by atoms with E-state index in [2.05, 4.69) is 27.1 Å². The van der Waals surface area contributed by atoms with Gasteiger partial charge in [-0.05, 0) is 12.5 Å². The zero-order valence-corrected chi connectivity index (χ0v) is 9.98. The first-order chi connectivity index (χ1) is 8.88. The highest BCUT2D eigenvalue weighted by Gasteiger charge is 2.08. The van der Waals surface area contributed by atoms with Crippen molar-refractivity contribution in [1.29, 1.82) is 0 Å². The maximum absolute atomic E-state index is 8.81. The number of nitrogens with one attached hydrogen (secondary N) is 2. The highest BCUT2D eigenvalue weighted by molar-refractivity contribution is 5.94. The summed E-state index contributed by atoms with van der Waals surface area (Å²) in [6.45, 7) is 0.198. The highest BCUT2D eigenvalue weighted by atomic mass is 16.2. The van der Waals surface area contributed by atoms with Gasteiger partial charge < -0.3 is 15.1 Å². The fourth-order valence-electron chi connectivity index (χ4n) is 2.17. The normalized spacial score (nSPS) is 11.2. The SMILES string of the molecule is OCCCc1ncc(-c2c[nH]c3ccccc23)[nH]1. The fourth-order valence-corrected chi connectivity index (χ4v) is 2.17. The molecule has 0 amide bonds. The minimum absolute atomic E-state index is 0.198. The molecule has 2 aromatic heterocycles. The standard InChI is InChI=1S/C14H15N3O/c18-7-3-6-14-16-9-13(17-14)11-8-15-12-5-2-1-4-10(11)12/h1-2,4-5,8-9,15,18H,3,6-7H2,(H,16,17). The van der Waals surface area contributed by atoms with E-state index in [0.717, 1.165) is 35.4 Å². The second-order valence-electron chi connectivity index (χ2n) is 4.32. The third-order valence-electron chi connectivity index (χ3n) is 3.08. The summed E-state index contributed by atoms with van der Waals surface area (Å²) in [6, 6.07) is 8.20. The number of hydrogen-bond donors (Lipinski definition) is 3. The van der Waals surface area contributed by atoms with Crippen LogP contribution in [0.25, 0.3) is 22.2 Å². The average Bonchev–Trinajstić information content (AvgIpc) is 3.02. The smallest absolute Gasteiger partial charge is 0.106 e. The molecule has 0 spiro atoms. The van der Waals surface area contributed by atoms with E-state index in [-0.39, 0.29) is 6.61 Å². The molecular formula is C14H15N3O. The van der Waals surface area contributed by atoms with Crippen LogP contribution in [0.2, 0.25) is 0 Å². The summed E-state index contributed by atoms with van der Waals surface area (Å²) in [4.78, 5) is 10.9. The lowest BCUT2D eigenvalue weighted by atomic mass is 10.1. The van der Waals surface area contributed by atoms with Gasteiger partial charge in [0.25, 0.3) is 0 Å². The number of imidazole rings is 1. The summed E-state index contributed by atoms with van der Waals surface area (Å²) in [6.07, 6.45) is 5.36. The zero-order valence-electron chi connectivity index (χ0n) is 9.98. The van der Waals surface area contributed by atoms with Gasteiger partial charge >= 0.3 is 0 Å². The van der Waals surface area contributed by atoms with Crippen molar-refractivity contribution < 1.29 is 5.11 Å². The molecule has 0 aliphatic rings. The van der Waals surface area contributed by atoms with Crippen molar-refractivity contribution in [3.63, 3.8) is 0 Å². The zero-order chi connectivity index (χ0) is 12.4. The second kappa shape index (κ2) is 4.66. The number of fused-ring (bicyclic) bond motifs is 1. The maximum atomic E-state index is 8.81. The molecule has 0 aliphatic carbocycles. The molecule has 0 atom stereocenters. The van der Waals surface area contributed by atoms with E-state index in [9.17, 15) is 0 Å². The number of nitrogens with zero attached hydrogens (tertiary/aromatic N) is 1. The van der Waals surface area contributed by atoms with Crippen molar-refractivity contribution >= 4 is 10.9 Å². The quantitative estimate of drug-likeness (QED) is 0.657. The van der Waals surface area contributed by atoms with Crippen LogP contribution in [0.4, 0.5) is 0 Å². The van der Waals surface area contributed by atoms with E-state index in [4.69, 9.17) is 5.11 Å². The lowest BCUT2D eigenvalue weighted by molar-refractivity contribution is 0.287. The number of rotatable bonds is 4. The van der Waals surface area contributed by atoms with Gasteiger partial charge in [-0.25, -0.2) is 4.98 Å². The number of hydrogen-bond acceptors (Lipinski definition) is 2. The second-order valence-corrected chi connectivity index (χ2v) is 4.32. The number of aliphatic hydroxyl groups is 1. The van der Waals surface area contributed by atoms with Crippen molar-refractivity contribution in [2.75, 3.05) is 6.61 Å². The summed E-state index contributed by atoms with van der Waals surface area (Å²) >= 11 is 0. The van der Waals surface area contributed by atoms with Crippen LogP contribution in [0.3, 0.4) is 0 Å². The lowest BCUT2D eigenvalue weighted by Crippen LogP contribution is -1.91. The molecule has 3 N–H and O–H groups in total. The Labute approximate surface area is 105 Å². The molecule has 0 bridgehead atoms. The molecular weight excluding hydrogens is 226 g/mol. The molecule has 0 fully saturated rings. The van der Waals surface area contributed by atoms with Crippen molar-refractivity contribution in [3.8, 4) is 11.3 Å². The molecule has 92 valence electrons. The van der Waals surface area contributed by atoms with E-state index in [0.29, 0.717) is 0 Å². The van der Waals surface area contributed by atoms with Gasteiger partial charge in [0.1, 0.15) is 5.82 Å². The number of H-pyrrole nitrogens is 2. The predicted octanol–water partition coefficient (Wildman–Crippen LogP) is 2.48. The van der Waals surface area contributed by atoms with E-state index in [1.807, 2.05) is 24.5 Å². The Morgan fingerprint density at radius 2 is 2.11 bits per heavy atom. The molecule has 0 aliphatic heterocycles. The molecule has 0 saturated heterocycles. The van der Waals surface area contributed by atoms with Crippen LogP contribution in [-0.2, 0) is 6.42 Å². The number of aliphatic hydroxyl groups excluding tert-OH is 1. The highest BCUT2D eigenvalue weighted by Crippen LogP contribution is 2.27. The fraction of sp³-hybridized carbons (Fsp3) is 0.214. The summed E-state index contributed by atoms with van der Waals surface area (Å²) in [5.74, 6) is 0.921. The van der Waals surface area contributed by atoms with Crippen molar-refractivity contribution in [1.82, 2.24) is 15.0 Å². The van der Waals surface area contributed by atoms with Crippen LogP contribution in [0, 0.1) is 0 Å². The van der Waals surface area contributed by atoms with Gasteiger partial charge in [-0.2, -0.15) is 0 Å². The predicted molar refractivity (Wildman–Crippen MR) is 71.3 cm³/mol. The Bertz CT molecular complexity index is 654. The largest absolute Gasteiger partial charge is 0.396 e. The van der Waals surface area contributed by atoms with Gasteiger partial charge in [-0.15, -0.1) is 0 Å². The van der Waals surface area contributed by atoms with Crippen LogP contribution in [-0.4, -0.2) is 26.7 Å². The van der Waals surface area contributed by atoms with Crippen LogP contribution >= 0.6 is 0 Å². The van der Waals surface area contributed by atoms with E-state index < -0.39 is 0 Å². The number of aromatic nitrogens is 3. The summed E-state index contributed by atoms with van der Waals surface area (Å²) in [5.41, 5.74) is 3.27. The van der Waals surface area contributed by atoms with E-state index >= 15 is 0 Å². The number of benzene rings is 1. The molecule has 3 aromatic rings. The lowest BCUT2D eigenvalue weighted by Gasteiger charge is -1.95. The van der Waals surface area contributed by atoms with Gasteiger partial charge in [0.15, 0.2) is 0 Å². The number of aryl methyl sites for hydroxylation is 1. The summed E-state index contributed by atoms with van der Waals surface area (Å²) in [7, 11) is 0. The molecule has 3 rings (SSSR count). The first-order valence-corrected chi connectivity index (χ1v) is 6.09. The molecule has 2 heterocycles. The summed E-state index contributed by atoms with van der Waals surface area (Å²) < 4.78 is 0. The van der Waals surface area contributed by atoms with Crippen molar-refractivity contribution in [2.24, 2.45) is 0 Å². The van der Waals surface area contributed by atoms with Crippen LogP contribution < -0.4 is 0 Å². The Kier molecular flexibility index (Phi) is 2.86. The minimum atomic E-state index is 0.198. The van der Waals surface area contributed by atoms with Gasteiger partial charge in [0.05, 0.1) is 11.9 Å². The van der Waals surface area contributed by atoms with Crippen LogP contribution in [0.15, 0.2) is 36.7 Å². The first-order valence-electron chi connectivity index (χ1n) is 6.09. The molecule has 0 saturated carbocycles. The van der Waals surface area contributed by atoms with Crippen molar-refractivity contribution in [3.05, 3.63) is 42.5 Å². The van der Waals surface area contributed by atoms with Crippen molar-refractivity contribution in [2.45, 2.75) is 12.8 Å². The Balaban J connectivity index is 1.96.